The number of ether oxygens (including phenoxy) is 2. The molecule has 1 atom stereocenters. The third kappa shape index (κ3) is 3.71. The van der Waals surface area contributed by atoms with E-state index in [1.165, 1.54) is 0 Å². The summed E-state index contributed by atoms with van der Waals surface area (Å²) in [7, 11) is 3.18. The zero-order valence-corrected chi connectivity index (χ0v) is 12.2. The van der Waals surface area contributed by atoms with Gasteiger partial charge in [-0.15, -0.1) is 0 Å². The van der Waals surface area contributed by atoms with Crippen LogP contribution in [0.25, 0.3) is 0 Å². The van der Waals surface area contributed by atoms with E-state index in [-0.39, 0.29) is 12.6 Å². The molecule has 5 nitrogen and oxygen atoms in total. The summed E-state index contributed by atoms with van der Waals surface area (Å²) in [5.74, 6) is 1.25. The van der Waals surface area contributed by atoms with Gasteiger partial charge in [0.25, 0.3) is 0 Å². The third-order valence-corrected chi connectivity index (χ3v) is 3.27. The van der Waals surface area contributed by atoms with Crippen LogP contribution in [0, 0.1) is 0 Å². The number of aromatic nitrogens is 1. The lowest BCUT2D eigenvalue weighted by Gasteiger charge is -2.18. The Hall–Kier alpha value is -2.11. The molecule has 2 aromatic rings. The number of hydrogen-bond acceptors (Lipinski definition) is 5. The van der Waals surface area contributed by atoms with E-state index in [4.69, 9.17) is 9.47 Å². The number of pyridine rings is 1. The van der Waals surface area contributed by atoms with E-state index >= 15 is 0 Å². The van der Waals surface area contributed by atoms with Crippen LogP contribution in [-0.4, -0.2) is 30.9 Å². The third-order valence-electron chi connectivity index (χ3n) is 3.27. The zero-order valence-electron chi connectivity index (χ0n) is 12.2. The van der Waals surface area contributed by atoms with Crippen molar-refractivity contribution in [3.63, 3.8) is 0 Å². The van der Waals surface area contributed by atoms with Crippen molar-refractivity contribution in [3.8, 4) is 11.5 Å². The van der Waals surface area contributed by atoms with Crippen molar-refractivity contribution < 1.29 is 14.6 Å². The summed E-state index contributed by atoms with van der Waals surface area (Å²) in [5.41, 5.74) is 1.77. The highest BCUT2D eigenvalue weighted by atomic mass is 16.5. The quantitative estimate of drug-likeness (QED) is 0.815. The molecule has 2 N–H and O–H groups in total. The fraction of sp³-hybridized carbons (Fsp3) is 0.312. The standard InChI is InChI=1S/C16H20N2O3/c1-20-15-8-9-17-13(16(15)21-2)10-18-14(11-19)12-6-4-3-5-7-12/h3-9,14,18-19H,10-11H2,1-2H3. The van der Waals surface area contributed by atoms with E-state index < -0.39 is 0 Å². The van der Waals surface area contributed by atoms with Gasteiger partial charge < -0.3 is 19.9 Å². The van der Waals surface area contributed by atoms with Gasteiger partial charge in [-0.2, -0.15) is 0 Å². The molecule has 5 heteroatoms. The van der Waals surface area contributed by atoms with Gasteiger partial charge in [-0.25, -0.2) is 0 Å². The van der Waals surface area contributed by atoms with Gasteiger partial charge in [-0.1, -0.05) is 30.3 Å². The van der Waals surface area contributed by atoms with Crippen molar-refractivity contribution in [2.75, 3.05) is 20.8 Å². The number of aliphatic hydroxyl groups is 1. The number of methoxy groups -OCH3 is 2. The van der Waals surface area contributed by atoms with E-state index in [0.717, 1.165) is 11.3 Å². The highest BCUT2D eigenvalue weighted by Gasteiger charge is 2.14. The predicted octanol–water partition coefficient (Wildman–Crippen LogP) is 1.92. The van der Waals surface area contributed by atoms with Crippen LogP contribution in [0.2, 0.25) is 0 Å². The summed E-state index contributed by atoms with van der Waals surface area (Å²) in [5, 5.41) is 12.8. The number of benzene rings is 1. The fourth-order valence-corrected chi connectivity index (χ4v) is 2.17. The van der Waals surface area contributed by atoms with Crippen LogP contribution in [0.15, 0.2) is 42.6 Å². The zero-order chi connectivity index (χ0) is 15.1. The first-order valence-corrected chi connectivity index (χ1v) is 6.75. The number of hydrogen-bond donors (Lipinski definition) is 2. The van der Waals surface area contributed by atoms with Gasteiger partial charge in [0, 0.05) is 18.8 Å². The predicted molar refractivity (Wildman–Crippen MR) is 80.4 cm³/mol. The molecule has 112 valence electrons. The fourth-order valence-electron chi connectivity index (χ4n) is 2.17. The molecule has 0 aliphatic heterocycles. The average Bonchev–Trinajstić information content (AvgIpc) is 2.56. The smallest absolute Gasteiger partial charge is 0.183 e. The molecular formula is C16H20N2O3. The Morgan fingerprint density at radius 1 is 1.14 bits per heavy atom. The average molecular weight is 288 g/mol. The first-order chi connectivity index (χ1) is 10.3. The Bertz CT molecular complexity index is 561. The van der Waals surface area contributed by atoms with E-state index in [2.05, 4.69) is 10.3 Å². The Morgan fingerprint density at radius 3 is 2.52 bits per heavy atom. The molecule has 0 spiro atoms. The molecule has 21 heavy (non-hydrogen) atoms. The van der Waals surface area contributed by atoms with Crippen molar-refractivity contribution in [2.45, 2.75) is 12.6 Å². The maximum absolute atomic E-state index is 9.55. The summed E-state index contributed by atoms with van der Waals surface area (Å²) in [6, 6.07) is 11.4. The Kier molecular flexibility index (Phi) is 5.54. The minimum atomic E-state index is -0.149. The van der Waals surface area contributed by atoms with Gasteiger partial charge in [-0.05, 0) is 5.56 Å². The van der Waals surface area contributed by atoms with Crippen LogP contribution in [0.3, 0.4) is 0 Å². The maximum Gasteiger partial charge on any atom is 0.183 e. The molecule has 1 aromatic heterocycles. The van der Waals surface area contributed by atoms with E-state index in [0.29, 0.717) is 18.0 Å². The normalized spacial score (nSPS) is 12.0. The minimum absolute atomic E-state index is 0.0102. The van der Waals surface area contributed by atoms with Gasteiger partial charge in [0.05, 0.1) is 32.6 Å². The summed E-state index contributed by atoms with van der Waals surface area (Å²) in [6.45, 7) is 0.483. The van der Waals surface area contributed by atoms with Crippen LogP contribution < -0.4 is 14.8 Å². The summed E-state index contributed by atoms with van der Waals surface area (Å²) < 4.78 is 10.6. The molecule has 0 saturated carbocycles. The monoisotopic (exact) mass is 288 g/mol. The molecule has 0 saturated heterocycles. The molecule has 0 fully saturated rings. The lowest BCUT2D eigenvalue weighted by atomic mass is 10.1. The molecule has 0 bridgehead atoms. The second-order valence-electron chi connectivity index (χ2n) is 4.52. The van der Waals surface area contributed by atoms with Crippen LogP contribution in [-0.2, 0) is 6.54 Å². The summed E-state index contributed by atoms with van der Waals surface area (Å²) in [4.78, 5) is 4.31. The number of nitrogens with zero attached hydrogens (tertiary/aromatic N) is 1. The van der Waals surface area contributed by atoms with Gasteiger partial charge in [0.2, 0.25) is 0 Å². The number of rotatable bonds is 7. The first kappa shape index (κ1) is 15.3. The molecule has 0 aliphatic carbocycles. The van der Waals surface area contributed by atoms with Crippen molar-refractivity contribution in [2.24, 2.45) is 0 Å². The molecular weight excluding hydrogens is 268 g/mol. The molecule has 1 aromatic carbocycles. The minimum Gasteiger partial charge on any atom is -0.493 e. The van der Waals surface area contributed by atoms with Gasteiger partial charge in [-0.3, -0.25) is 4.98 Å². The van der Waals surface area contributed by atoms with Crippen LogP contribution in [0.5, 0.6) is 11.5 Å². The highest BCUT2D eigenvalue weighted by Crippen LogP contribution is 2.29. The van der Waals surface area contributed by atoms with Crippen LogP contribution in [0.4, 0.5) is 0 Å². The topological polar surface area (TPSA) is 63.6 Å². The van der Waals surface area contributed by atoms with E-state index in [1.807, 2.05) is 30.3 Å². The molecule has 0 radical (unpaired) electrons. The molecule has 0 amide bonds. The summed E-state index contributed by atoms with van der Waals surface area (Å²) in [6.07, 6.45) is 1.68. The highest BCUT2D eigenvalue weighted by molar-refractivity contribution is 5.42. The molecule has 0 aliphatic rings. The summed E-state index contributed by atoms with van der Waals surface area (Å²) >= 11 is 0. The molecule has 2 rings (SSSR count). The van der Waals surface area contributed by atoms with Gasteiger partial charge in [0.15, 0.2) is 11.5 Å². The second-order valence-corrected chi connectivity index (χ2v) is 4.52. The Morgan fingerprint density at radius 2 is 1.90 bits per heavy atom. The van der Waals surface area contributed by atoms with Gasteiger partial charge >= 0.3 is 0 Å². The van der Waals surface area contributed by atoms with Crippen LogP contribution >= 0.6 is 0 Å². The largest absolute Gasteiger partial charge is 0.493 e. The Labute approximate surface area is 124 Å². The van der Waals surface area contributed by atoms with E-state index in [9.17, 15) is 5.11 Å². The second kappa shape index (κ2) is 7.61. The number of aliphatic hydroxyl groups excluding tert-OH is 1. The van der Waals surface area contributed by atoms with Crippen molar-refractivity contribution in [1.29, 1.82) is 0 Å². The lowest BCUT2D eigenvalue weighted by Crippen LogP contribution is -2.24. The molecule has 1 unspecified atom stereocenters. The van der Waals surface area contributed by atoms with E-state index in [1.54, 1.807) is 26.5 Å². The SMILES string of the molecule is COc1ccnc(CNC(CO)c2ccccc2)c1OC. The lowest BCUT2D eigenvalue weighted by molar-refractivity contribution is 0.242. The van der Waals surface area contributed by atoms with Crippen LogP contribution in [0.1, 0.15) is 17.3 Å². The first-order valence-electron chi connectivity index (χ1n) is 6.75. The van der Waals surface area contributed by atoms with Crippen molar-refractivity contribution >= 4 is 0 Å². The van der Waals surface area contributed by atoms with Crippen molar-refractivity contribution in [3.05, 3.63) is 53.9 Å². The van der Waals surface area contributed by atoms with Gasteiger partial charge in [0.1, 0.15) is 0 Å². The Balaban J connectivity index is 2.12. The number of nitrogens with one attached hydrogen (secondary N) is 1. The van der Waals surface area contributed by atoms with Crippen molar-refractivity contribution in [1.82, 2.24) is 10.3 Å². The maximum atomic E-state index is 9.55. The molecule has 1 heterocycles.